The van der Waals surface area contributed by atoms with Crippen LogP contribution in [0.25, 0.3) is 0 Å². The maximum Gasteiger partial charge on any atom is 2.00 e. The number of phenols is 2. The van der Waals surface area contributed by atoms with Gasteiger partial charge in [0.25, 0.3) is 0 Å². The Labute approximate surface area is 101 Å². The number of phenolic OH excluding ortho intramolecular Hbond substituents is 2. The molecule has 0 bridgehead atoms. The fourth-order valence-corrected chi connectivity index (χ4v) is 0.656. The monoisotopic (exact) mass is 196 g/mol. The topological polar surface area (TPSA) is 77.8 Å². The van der Waals surface area contributed by atoms with Crippen LogP contribution in [0, 0.1) is 0 Å². The molecule has 0 amide bonds. The SMILES string of the molecule is O=C(O)c1ccc(O)c(O)c1.[Ca+2].[H-].[H-]. The van der Waals surface area contributed by atoms with Crippen LogP contribution in [0.3, 0.4) is 0 Å². The number of benzene rings is 1. The molecular weight excluding hydrogens is 188 g/mol. The zero-order chi connectivity index (χ0) is 8.43. The van der Waals surface area contributed by atoms with E-state index >= 15 is 0 Å². The van der Waals surface area contributed by atoms with Gasteiger partial charge < -0.3 is 18.2 Å². The Morgan fingerprint density at radius 2 is 1.83 bits per heavy atom. The molecule has 0 unspecified atom stereocenters. The van der Waals surface area contributed by atoms with Crippen LogP contribution < -0.4 is 0 Å². The molecule has 1 aromatic rings. The number of carbonyl (C=O) groups is 1. The number of hydrogen-bond donors (Lipinski definition) is 3. The zero-order valence-corrected chi connectivity index (χ0v) is 8.40. The second-order valence-electron chi connectivity index (χ2n) is 2.01. The average Bonchev–Trinajstić information content (AvgIpc) is 1.94. The molecule has 4 nitrogen and oxygen atoms in total. The number of rotatable bonds is 1. The van der Waals surface area contributed by atoms with Crippen molar-refractivity contribution in [1.29, 1.82) is 0 Å². The van der Waals surface area contributed by atoms with Crippen LogP contribution in [0.5, 0.6) is 11.5 Å². The van der Waals surface area contributed by atoms with E-state index in [9.17, 15) is 4.79 Å². The van der Waals surface area contributed by atoms with Crippen LogP contribution in [0.2, 0.25) is 0 Å². The molecule has 1 aromatic carbocycles. The third-order valence-electron chi connectivity index (χ3n) is 1.22. The quantitative estimate of drug-likeness (QED) is 0.455. The van der Waals surface area contributed by atoms with Gasteiger partial charge in [-0.1, -0.05) is 0 Å². The van der Waals surface area contributed by atoms with Gasteiger partial charge >= 0.3 is 43.7 Å². The van der Waals surface area contributed by atoms with Gasteiger partial charge in [0, 0.05) is 0 Å². The van der Waals surface area contributed by atoms with Crippen molar-refractivity contribution in [1.82, 2.24) is 0 Å². The van der Waals surface area contributed by atoms with Gasteiger partial charge in [0.2, 0.25) is 0 Å². The van der Waals surface area contributed by atoms with E-state index in [-0.39, 0.29) is 51.9 Å². The minimum atomic E-state index is -1.14. The Hall–Kier alpha value is -0.450. The summed E-state index contributed by atoms with van der Waals surface area (Å²) in [5.74, 6) is -1.89. The normalized spacial score (nSPS) is 8.67. The van der Waals surface area contributed by atoms with Crippen molar-refractivity contribution in [3.63, 3.8) is 0 Å². The molecule has 0 aliphatic carbocycles. The standard InChI is InChI=1S/C7H6O4.Ca.2H/c8-5-2-1-4(7(10)11)3-6(5)9;;;/h1-3,8-9H,(H,10,11);;;/q;+2;2*-1. The summed E-state index contributed by atoms with van der Waals surface area (Å²) in [6, 6.07) is 3.31. The fourth-order valence-electron chi connectivity index (χ4n) is 0.656. The minimum absolute atomic E-state index is 0. The van der Waals surface area contributed by atoms with E-state index in [1.807, 2.05) is 0 Å². The molecule has 62 valence electrons. The Morgan fingerprint density at radius 3 is 2.25 bits per heavy atom. The molecule has 0 saturated carbocycles. The summed E-state index contributed by atoms with van der Waals surface area (Å²) in [4.78, 5) is 10.3. The first kappa shape index (κ1) is 11.5. The maximum absolute atomic E-state index is 10.3. The van der Waals surface area contributed by atoms with Crippen LogP contribution in [0.4, 0.5) is 0 Å². The molecule has 5 heteroatoms. The van der Waals surface area contributed by atoms with Crippen molar-refractivity contribution in [2.45, 2.75) is 0 Å². The molecule has 0 aliphatic heterocycles. The first-order chi connectivity index (χ1) is 5.11. The molecule has 0 spiro atoms. The summed E-state index contributed by atoms with van der Waals surface area (Å²) in [5.41, 5.74) is -0.0553. The van der Waals surface area contributed by atoms with Gasteiger partial charge in [-0.3, -0.25) is 0 Å². The van der Waals surface area contributed by atoms with E-state index in [1.54, 1.807) is 0 Å². The molecule has 3 N–H and O–H groups in total. The Morgan fingerprint density at radius 1 is 1.25 bits per heavy atom. The minimum Gasteiger partial charge on any atom is -1.00 e. The van der Waals surface area contributed by atoms with Gasteiger partial charge in [-0.15, -0.1) is 0 Å². The second kappa shape index (κ2) is 4.54. The van der Waals surface area contributed by atoms with Crippen molar-refractivity contribution in [2.75, 3.05) is 0 Å². The van der Waals surface area contributed by atoms with Gasteiger partial charge in [0.1, 0.15) is 0 Å². The van der Waals surface area contributed by atoms with Crippen molar-refractivity contribution in [3.05, 3.63) is 23.8 Å². The van der Waals surface area contributed by atoms with Crippen molar-refractivity contribution in [2.24, 2.45) is 0 Å². The molecule has 12 heavy (non-hydrogen) atoms. The Balaban J connectivity index is -0.000000403. The van der Waals surface area contributed by atoms with Crippen LogP contribution in [0.1, 0.15) is 13.2 Å². The van der Waals surface area contributed by atoms with Gasteiger partial charge in [-0.25, -0.2) is 4.79 Å². The van der Waals surface area contributed by atoms with Crippen LogP contribution in [0.15, 0.2) is 18.2 Å². The third kappa shape index (κ3) is 2.55. The molecule has 1 rings (SSSR count). The largest absolute Gasteiger partial charge is 2.00 e. The van der Waals surface area contributed by atoms with E-state index in [2.05, 4.69) is 0 Å². The molecule has 0 heterocycles. The van der Waals surface area contributed by atoms with Crippen molar-refractivity contribution in [3.8, 4) is 11.5 Å². The molecule has 0 aromatic heterocycles. The van der Waals surface area contributed by atoms with E-state index < -0.39 is 11.7 Å². The van der Waals surface area contributed by atoms with Crippen LogP contribution in [-0.4, -0.2) is 59.0 Å². The van der Waals surface area contributed by atoms with Gasteiger partial charge in [-0.05, 0) is 18.2 Å². The Kier molecular flexibility index (Phi) is 4.37. The molecule has 0 radical (unpaired) electrons. The number of aromatic hydroxyl groups is 2. The fraction of sp³-hybridized carbons (Fsp3) is 0. The summed E-state index contributed by atoms with van der Waals surface area (Å²) in [6.07, 6.45) is 0. The predicted octanol–water partition coefficient (Wildman–Crippen LogP) is 0.640. The van der Waals surface area contributed by atoms with E-state index in [1.165, 1.54) is 6.07 Å². The van der Waals surface area contributed by atoms with E-state index in [0.717, 1.165) is 12.1 Å². The number of hydrogen-bond acceptors (Lipinski definition) is 3. The van der Waals surface area contributed by atoms with Crippen LogP contribution in [-0.2, 0) is 0 Å². The number of carboxylic acids is 1. The third-order valence-corrected chi connectivity index (χ3v) is 1.22. The summed E-state index contributed by atoms with van der Waals surface area (Å²) >= 11 is 0. The van der Waals surface area contributed by atoms with Gasteiger partial charge in [-0.2, -0.15) is 0 Å². The van der Waals surface area contributed by atoms with Crippen LogP contribution >= 0.6 is 0 Å². The maximum atomic E-state index is 10.3. The average molecular weight is 196 g/mol. The summed E-state index contributed by atoms with van der Waals surface area (Å²) in [7, 11) is 0. The number of aromatic carboxylic acids is 1. The number of carboxylic acid groups (broad SMARTS) is 1. The molecule has 0 saturated heterocycles. The van der Waals surface area contributed by atoms with Gasteiger partial charge in [0.05, 0.1) is 5.56 Å². The Bertz CT molecular complexity index is 306. The predicted molar refractivity (Wildman–Crippen MR) is 44.7 cm³/mol. The van der Waals surface area contributed by atoms with Crippen molar-refractivity contribution >= 4 is 43.7 Å². The zero-order valence-electron chi connectivity index (χ0n) is 8.19. The summed E-state index contributed by atoms with van der Waals surface area (Å²) < 4.78 is 0. The summed E-state index contributed by atoms with van der Waals surface area (Å²) in [6.45, 7) is 0. The first-order valence-corrected chi connectivity index (χ1v) is 2.86. The second-order valence-corrected chi connectivity index (χ2v) is 2.01. The first-order valence-electron chi connectivity index (χ1n) is 2.86. The van der Waals surface area contributed by atoms with E-state index in [0.29, 0.717) is 0 Å². The summed E-state index contributed by atoms with van der Waals surface area (Å²) in [5, 5.41) is 26.0. The van der Waals surface area contributed by atoms with Gasteiger partial charge in [0.15, 0.2) is 11.5 Å². The van der Waals surface area contributed by atoms with E-state index in [4.69, 9.17) is 15.3 Å². The molecule has 0 atom stereocenters. The van der Waals surface area contributed by atoms with Crippen molar-refractivity contribution < 1.29 is 23.0 Å². The molecule has 0 fully saturated rings. The molecular formula is C7H8CaO4. The smallest absolute Gasteiger partial charge is 1.00 e. The molecule has 0 aliphatic rings.